The number of ether oxygens (including phenoxy) is 1. The minimum absolute atomic E-state index is 0.0103. The smallest absolute Gasteiger partial charge is 0.255 e. The number of hydrogen-bond acceptors (Lipinski definition) is 4. The Morgan fingerprint density at radius 1 is 1.45 bits per heavy atom. The van der Waals surface area contributed by atoms with Crippen LogP contribution in [0.25, 0.3) is 0 Å². The molecule has 20 heavy (non-hydrogen) atoms. The molecule has 0 spiro atoms. The highest BCUT2D eigenvalue weighted by atomic mass is 19.1. The van der Waals surface area contributed by atoms with E-state index in [2.05, 4.69) is 10.3 Å². The van der Waals surface area contributed by atoms with Gasteiger partial charge in [-0.1, -0.05) is 18.2 Å². The molecule has 0 saturated carbocycles. The van der Waals surface area contributed by atoms with Gasteiger partial charge >= 0.3 is 0 Å². The highest BCUT2D eigenvalue weighted by Gasteiger charge is 2.12. The number of carbonyl (C=O) groups is 1. The number of anilines is 1. The maximum Gasteiger partial charge on any atom is 0.255 e. The summed E-state index contributed by atoms with van der Waals surface area (Å²) in [5.74, 6) is -0.441. The summed E-state index contributed by atoms with van der Waals surface area (Å²) in [6.07, 6.45) is 0.965. The van der Waals surface area contributed by atoms with Crippen molar-refractivity contribution in [2.45, 2.75) is 6.54 Å². The monoisotopic (exact) mass is 275 g/mol. The van der Waals surface area contributed by atoms with Crippen LogP contribution in [0, 0.1) is 5.82 Å². The number of nitrogen functional groups attached to an aromatic ring is 1. The summed E-state index contributed by atoms with van der Waals surface area (Å²) in [5, 5.41) is 2.65. The molecule has 0 aliphatic carbocycles. The molecule has 1 amide bonds. The fourth-order valence-corrected chi connectivity index (χ4v) is 1.75. The first-order valence-corrected chi connectivity index (χ1v) is 5.93. The molecule has 1 aromatic carbocycles. The van der Waals surface area contributed by atoms with Gasteiger partial charge in [0.15, 0.2) is 0 Å². The number of rotatable bonds is 4. The highest BCUT2D eigenvalue weighted by molar-refractivity contribution is 5.98. The van der Waals surface area contributed by atoms with Crippen molar-refractivity contribution in [3.63, 3.8) is 0 Å². The zero-order valence-corrected chi connectivity index (χ0v) is 10.9. The van der Waals surface area contributed by atoms with E-state index in [1.165, 1.54) is 0 Å². The molecule has 1 aromatic heterocycles. The molecule has 0 unspecified atom stereocenters. The summed E-state index contributed by atoms with van der Waals surface area (Å²) < 4.78 is 18.2. The van der Waals surface area contributed by atoms with Gasteiger partial charge in [0, 0.05) is 12.1 Å². The van der Waals surface area contributed by atoms with Crippen LogP contribution in [0.4, 0.5) is 10.2 Å². The van der Waals surface area contributed by atoms with E-state index in [1.54, 1.807) is 13.2 Å². The first-order valence-electron chi connectivity index (χ1n) is 5.93. The van der Waals surface area contributed by atoms with Gasteiger partial charge in [0.1, 0.15) is 17.4 Å². The largest absolute Gasteiger partial charge is 0.496 e. The summed E-state index contributed by atoms with van der Waals surface area (Å²) in [5.41, 5.74) is 6.38. The van der Waals surface area contributed by atoms with Gasteiger partial charge < -0.3 is 15.8 Å². The molecule has 6 heteroatoms. The molecule has 0 atom stereocenters. The van der Waals surface area contributed by atoms with E-state index >= 15 is 0 Å². The van der Waals surface area contributed by atoms with Crippen molar-refractivity contribution in [3.8, 4) is 5.75 Å². The van der Waals surface area contributed by atoms with Gasteiger partial charge in [-0.25, -0.2) is 9.37 Å². The maximum atomic E-state index is 13.1. The summed E-state index contributed by atoms with van der Waals surface area (Å²) in [6.45, 7) is 0.249. The first-order chi connectivity index (χ1) is 9.61. The first kappa shape index (κ1) is 13.8. The molecular formula is C14H14FN3O2. The lowest BCUT2D eigenvalue weighted by Gasteiger charge is -2.10. The molecule has 104 valence electrons. The highest BCUT2D eigenvalue weighted by Crippen LogP contribution is 2.17. The summed E-state index contributed by atoms with van der Waals surface area (Å²) >= 11 is 0. The Balaban J connectivity index is 2.11. The molecule has 2 rings (SSSR count). The SMILES string of the molecule is COc1ccccc1CNC(=O)c1cc(F)cnc1N. The molecule has 1 heterocycles. The van der Waals surface area contributed by atoms with Crippen LogP contribution in [0.3, 0.4) is 0 Å². The van der Waals surface area contributed by atoms with E-state index in [9.17, 15) is 9.18 Å². The number of para-hydroxylation sites is 1. The van der Waals surface area contributed by atoms with Crippen molar-refractivity contribution in [1.82, 2.24) is 10.3 Å². The van der Waals surface area contributed by atoms with Crippen molar-refractivity contribution in [1.29, 1.82) is 0 Å². The van der Waals surface area contributed by atoms with Crippen LogP contribution in [-0.2, 0) is 6.54 Å². The molecule has 0 fully saturated rings. The summed E-state index contributed by atoms with van der Waals surface area (Å²) in [4.78, 5) is 15.6. The Hall–Kier alpha value is -2.63. The predicted octanol–water partition coefficient (Wildman–Crippen LogP) is 1.74. The lowest BCUT2D eigenvalue weighted by atomic mass is 10.2. The number of hydrogen-bond donors (Lipinski definition) is 2. The van der Waals surface area contributed by atoms with Crippen LogP contribution in [0.1, 0.15) is 15.9 Å². The quantitative estimate of drug-likeness (QED) is 0.891. The van der Waals surface area contributed by atoms with Crippen molar-refractivity contribution >= 4 is 11.7 Å². The van der Waals surface area contributed by atoms with E-state index in [4.69, 9.17) is 10.5 Å². The van der Waals surface area contributed by atoms with E-state index in [-0.39, 0.29) is 17.9 Å². The van der Waals surface area contributed by atoms with Crippen molar-refractivity contribution in [3.05, 3.63) is 53.5 Å². The summed E-state index contributed by atoms with van der Waals surface area (Å²) in [6, 6.07) is 8.34. The van der Waals surface area contributed by atoms with Crippen molar-refractivity contribution < 1.29 is 13.9 Å². The van der Waals surface area contributed by atoms with Crippen LogP contribution in [0.15, 0.2) is 36.5 Å². The molecule has 0 radical (unpaired) electrons. The zero-order chi connectivity index (χ0) is 14.5. The second kappa shape index (κ2) is 6.01. The molecule has 0 aliphatic rings. The number of nitrogens with zero attached hydrogens (tertiary/aromatic N) is 1. The Bertz CT molecular complexity index is 632. The van der Waals surface area contributed by atoms with Crippen LogP contribution < -0.4 is 15.8 Å². The Morgan fingerprint density at radius 2 is 2.20 bits per heavy atom. The van der Waals surface area contributed by atoms with Gasteiger partial charge in [0.25, 0.3) is 5.91 Å². The Morgan fingerprint density at radius 3 is 2.95 bits per heavy atom. The van der Waals surface area contributed by atoms with Crippen LogP contribution in [-0.4, -0.2) is 18.0 Å². The number of nitrogens with two attached hydrogens (primary N) is 1. The van der Waals surface area contributed by atoms with E-state index < -0.39 is 11.7 Å². The minimum Gasteiger partial charge on any atom is -0.496 e. The third kappa shape index (κ3) is 3.03. The Kier molecular flexibility index (Phi) is 4.14. The van der Waals surface area contributed by atoms with Gasteiger partial charge in [-0.05, 0) is 12.1 Å². The second-order valence-corrected chi connectivity index (χ2v) is 4.08. The third-order valence-corrected chi connectivity index (χ3v) is 2.76. The normalized spacial score (nSPS) is 10.1. The lowest BCUT2D eigenvalue weighted by molar-refractivity contribution is 0.0951. The minimum atomic E-state index is -0.610. The summed E-state index contributed by atoms with van der Waals surface area (Å²) in [7, 11) is 1.55. The van der Waals surface area contributed by atoms with Crippen LogP contribution in [0.5, 0.6) is 5.75 Å². The van der Waals surface area contributed by atoms with Gasteiger partial charge in [-0.15, -0.1) is 0 Å². The molecule has 0 aliphatic heterocycles. The average molecular weight is 275 g/mol. The third-order valence-electron chi connectivity index (χ3n) is 2.76. The fourth-order valence-electron chi connectivity index (χ4n) is 1.75. The van der Waals surface area contributed by atoms with E-state index in [0.29, 0.717) is 5.75 Å². The topological polar surface area (TPSA) is 77.2 Å². The van der Waals surface area contributed by atoms with Crippen molar-refractivity contribution in [2.24, 2.45) is 0 Å². The van der Waals surface area contributed by atoms with Crippen LogP contribution in [0.2, 0.25) is 0 Å². The number of nitrogens with one attached hydrogen (secondary N) is 1. The van der Waals surface area contributed by atoms with Crippen LogP contribution >= 0.6 is 0 Å². The number of carbonyl (C=O) groups excluding carboxylic acids is 1. The standard InChI is InChI=1S/C14H14FN3O2/c1-20-12-5-3-2-4-9(12)7-18-14(19)11-6-10(15)8-17-13(11)16/h2-6,8H,7H2,1H3,(H2,16,17)(H,18,19). The van der Waals surface area contributed by atoms with Gasteiger partial charge in [0.2, 0.25) is 0 Å². The molecule has 0 bridgehead atoms. The van der Waals surface area contributed by atoms with E-state index in [1.807, 2.05) is 18.2 Å². The predicted molar refractivity (Wildman–Crippen MR) is 72.8 cm³/mol. The Labute approximate surface area is 115 Å². The number of halogens is 1. The molecular weight excluding hydrogens is 261 g/mol. The zero-order valence-electron chi connectivity index (χ0n) is 10.9. The second-order valence-electron chi connectivity index (χ2n) is 4.08. The number of amides is 1. The number of benzene rings is 1. The maximum absolute atomic E-state index is 13.1. The van der Waals surface area contributed by atoms with Gasteiger partial charge in [0.05, 0.1) is 18.9 Å². The molecule has 5 nitrogen and oxygen atoms in total. The molecule has 2 aromatic rings. The number of pyridine rings is 1. The fraction of sp³-hybridized carbons (Fsp3) is 0.143. The van der Waals surface area contributed by atoms with Crippen molar-refractivity contribution in [2.75, 3.05) is 12.8 Å². The average Bonchev–Trinajstić information content (AvgIpc) is 2.47. The number of aromatic nitrogens is 1. The van der Waals surface area contributed by atoms with Gasteiger partial charge in [-0.3, -0.25) is 4.79 Å². The van der Waals surface area contributed by atoms with E-state index in [0.717, 1.165) is 17.8 Å². The van der Waals surface area contributed by atoms with Gasteiger partial charge in [-0.2, -0.15) is 0 Å². The number of methoxy groups -OCH3 is 1. The molecule has 0 saturated heterocycles. The molecule has 3 N–H and O–H groups in total. The lowest BCUT2D eigenvalue weighted by Crippen LogP contribution is -2.24.